The Morgan fingerprint density at radius 2 is 1.75 bits per heavy atom. The number of ether oxygens (including phenoxy) is 1. The third-order valence-corrected chi connectivity index (χ3v) is 6.46. The van der Waals surface area contributed by atoms with Crippen LogP contribution in [0.1, 0.15) is 57.4 Å². The van der Waals surface area contributed by atoms with E-state index in [0.717, 1.165) is 41.5 Å². The first-order chi connectivity index (χ1) is 15.5. The molecular weight excluding hydrogens is 468 g/mol. The summed E-state index contributed by atoms with van der Waals surface area (Å²) in [5.74, 6) is 0.700. The van der Waals surface area contributed by atoms with Crippen molar-refractivity contribution < 1.29 is 14.3 Å². The molecule has 1 aliphatic carbocycles. The number of rotatable bonds is 10. The smallest absolute Gasteiger partial charge is 0.242 e. The van der Waals surface area contributed by atoms with Gasteiger partial charge in [-0.3, -0.25) is 9.59 Å². The average molecular weight is 501 g/mol. The molecule has 0 spiro atoms. The van der Waals surface area contributed by atoms with Crippen molar-refractivity contribution in [3.63, 3.8) is 0 Å². The van der Waals surface area contributed by atoms with Crippen LogP contribution >= 0.6 is 15.9 Å². The standard InChI is InChI=1S/C26H33BrN2O3/c1-20(26(31)28-23-9-4-2-5-10-23)29(19-21-14-16-22(27)17-15-21)25(30)13-8-18-32-24-11-6-3-7-12-24/h3,6-7,11-12,14-17,20,23H,2,4-5,8-10,13,18-19H2,1H3,(H,28,31). The van der Waals surface area contributed by atoms with E-state index in [-0.39, 0.29) is 17.9 Å². The van der Waals surface area contributed by atoms with Gasteiger partial charge in [0.15, 0.2) is 0 Å². The van der Waals surface area contributed by atoms with Crippen molar-refractivity contribution in [1.29, 1.82) is 0 Å². The van der Waals surface area contributed by atoms with E-state index in [1.807, 2.05) is 61.5 Å². The highest BCUT2D eigenvalue weighted by Gasteiger charge is 2.27. The summed E-state index contributed by atoms with van der Waals surface area (Å²) >= 11 is 3.45. The maximum absolute atomic E-state index is 13.1. The zero-order chi connectivity index (χ0) is 22.8. The number of para-hydroxylation sites is 1. The Morgan fingerprint density at radius 1 is 1.06 bits per heavy atom. The molecule has 1 unspecified atom stereocenters. The van der Waals surface area contributed by atoms with Crippen LogP contribution < -0.4 is 10.1 Å². The number of benzene rings is 2. The van der Waals surface area contributed by atoms with E-state index < -0.39 is 6.04 Å². The van der Waals surface area contributed by atoms with Crippen LogP contribution in [0.4, 0.5) is 0 Å². The second-order valence-electron chi connectivity index (χ2n) is 8.43. The molecule has 2 aromatic carbocycles. The Balaban J connectivity index is 1.59. The molecule has 1 N–H and O–H groups in total. The zero-order valence-electron chi connectivity index (χ0n) is 18.8. The van der Waals surface area contributed by atoms with Crippen molar-refractivity contribution in [2.24, 2.45) is 0 Å². The molecule has 0 saturated heterocycles. The van der Waals surface area contributed by atoms with Gasteiger partial charge in [0.05, 0.1) is 6.61 Å². The van der Waals surface area contributed by atoms with Crippen LogP contribution in [0.3, 0.4) is 0 Å². The molecule has 1 atom stereocenters. The van der Waals surface area contributed by atoms with Gasteiger partial charge in [-0.05, 0) is 56.0 Å². The fraction of sp³-hybridized carbons (Fsp3) is 0.462. The summed E-state index contributed by atoms with van der Waals surface area (Å²) in [5, 5.41) is 3.17. The quantitative estimate of drug-likeness (QED) is 0.439. The second kappa shape index (κ2) is 12.6. The summed E-state index contributed by atoms with van der Waals surface area (Å²) < 4.78 is 6.71. The summed E-state index contributed by atoms with van der Waals surface area (Å²) in [6, 6.07) is 17.2. The van der Waals surface area contributed by atoms with Crippen LogP contribution in [0.25, 0.3) is 0 Å². The Morgan fingerprint density at radius 3 is 2.44 bits per heavy atom. The fourth-order valence-corrected chi connectivity index (χ4v) is 4.28. The monoisotopic (exact) mass is 500 g/mol. The summed E-state index contributed by atoms with van der Waals surface area (Å²) in [7, 11) is 0. The van der Waals surface area contributed by atoms with Gasteiger partial charge in [-0.25, -0.2) is 0 Å². The molecule has 1 aliphatic rings. The summed E-state index contributed by atoms with van der Waals surface area (Å²) in [6.45, 7) is 2.70. The van der Waals surface area contributed by atoms with Gasteiger partial charge in [-0.1, -0.05) is 65.5 Å². The van der Waals surface area contributed by atoms with Gasteiger partial charge >= 0.3 is 0 Å². The molecule has 3 rings (SSSR count). The van der Waals surface area contributed by atoms with Crippen LogP contribution in [-0.4, -0.2) is 35.4 Å². The molecule has 5 nitrogen and oxygen atoms in total. The van der Waals surface area contributed by atoms with Gasteiger partial charge in [0.25, 0.3) is 0 Å². The minimum Gasteiger partial charge on any atom is -0.494 e. The van der Waals surface area contributed by atoms with Gasteiger partial charge in [0.2, 0.25) is 11.8 Å². The van der Waals surface area contributed by atoms with E-state index in [1.165, 1.54) is 6.42 Å². The van der Waals surface area contributed by atoms with E-state index in [4.69, 9.17) is 4.74 Å². The number of hydrogen-bond acceptors (Lipinski definition) is 3. The molecule has 6 heteroatoms. The fourth-order valence-electron chi connectivity index (χ4n) is 4.01. The third-order valence-electron chi connectivity index (χ3n) is 5.93. The minimum atomic E-state index is -0.525. The SMILES string of the molecule is CC(C(=O)NC1CCCCC1)N(Cc1ccc(Br)cc1)C(=O)CCCOc1ccccc1. The van der Waals surface area contributed by atoms with Gasteiger partial charge in [-0.2, -0.15) is 0 Å². The molecule has 172 valence electrons. The summed E-state index contributed by atoms with van der Waals surface area (Å²) in [6.07, 6.45) is 6.53. The largest absolute Gasteiger partial charge is 0.494 e. The number of amides is 2. The highest BCUT2D eigenvalue weighted by molar-refractivity contribution is 9.10. The second-order valence-corrected chi connectivity index (χ2v) is 9.35. The van der Waals surface area contributed by atoms with E-state index in [9.17, 15) is 9.59 Å². The van der Waals surface area contributed by atoms with Crippen LogP contribution in [-0.2, 0) is 16.1 Å². The van der Waals surface area contributed by atoms with Crippen molar-refractivity contribution in [3.05, 3.63) is 64.6 Å². The van der Waals surface area contributed by atoms with E-state index >= 15 is 0 Å². The average Bonchev–Trinajstić information content (AvgIpc) is 2.82. The number of carbonyl (C=O) groups is 2. The number of nitrogens with one attached hydrogen (secondary N) is 1. The van der Waals surface area contributed by atoms with Crippen molar-refractivity contribution in [1.82, 2.24) is 10.2 Å². The normalized spacial score (nSPS) is 15.1. The molecule has 1 fully saturated rings. The molecule has 1 saturated carbocycles. The third kappa shape index (κ3) is 7.66. The topological polar surface area (TPSA) is 58.6 Å². The first-order valence-corrected chi connectivity index (χ1v) is 12.3. The molecule has 0 aromatic heterocycles. The molecule has 2 aromatic rings. The van der Waals surface area contributed by atoms with Gasteiger partial charge in [-0.15, -0.1) is 0 Å². The molecule has 0 heterocycles. The van der Waals surface area contributed by atoms with Crippen LogP contribution in [0.5, 0.6) is 5.75 Å². The predicted octanol–water partition coefficient (Wildman–Crippen LogP) is 5.47. The lowest BCUT2D eigenvalue weighted by Crippen LogP contribution is -2.50. The van der Waals surface area contributed by atoms with Crippen molar-refractivity contribution in [2.45, 2.75) is 70.5 Å². The van der Waals surface area contributed by atoms with Gasteiger partial charge < -0.3 is 15.0 Å². The van der Waals surface area contributed by atoms with Crippen LogP contribution in [0, 0.1) is 0 Å². The Kier molecular flexibility index (Phi) is 9.60. The molecule has 2 amide bonds. The zero-order valence-corrected chi connectivity index (χ0v) is 20.4. The lowest BCUT2D eigenvalue weighted by molar-refractivity contribution is -0.141. The van der Waals surface area contributed by atoms with E-state index in [0.29, 0.717) is 26.0 Å². The highest BCUT2D eigenvalue weighted by Crippen LogP contribution is 2.19. The molecular formula is C26H33BrN2O3. The first-order valence-electron chi connectivity index (χ1n) is 11.5. The Bertz CT molecular complexity index is 851. The van der Waals surface area contributed by atoms with E-state index in [2.05, 4.69) is 21.2 Å². The molecule has 0 aliphatic heterocycles. The lowest BCUT2D eigenvalue weighted by Gasteiger charge is -2.31. The highest BCUT2D eigenvalue weighted by atomic mass is 79.9. The van der Waals surface area contributed by atoms with Gasteiger partial charge in [0.1, 0.15) is 11.8 Å². The molecule has 0 bridgehead atoms. The Labute approximate surface area is 199 Å². The summed E-state index contributed by atoms with van der Waals surface area (Å²) in [4.78, 5) is 27.8. The van der Waals surface area contributed by atoms with Crippen LogP contribution in [0.15, 0.2) is 59.1 Å². The number of carbonyl (C=O) groups excluding carboxylic acids is 2. The number of nitrogens with zero attached hydrogens (tertiary/aromatic N) is 1. The van der Waals surface area contributed by atoms with Crippen molar-refractivity contribution >= 4 is 27.7 Å². The number of halogens is 1. The van der Waals surface area contributed by atoms with Crippen LogP contribution in [0.2, 0.25) is 0 Å². The first kappa shape index (κ1) is 24.3. The molecule has 0 radical (unpaired) electrons. The van der Waals surface area contributed by atoms with Crippen molar-refractivity contribution in [3.8, 4) is 5.75 Å². The predicted molar refractivity (Wildman–Crippen MR) is 130 cm³/mol. The van der Waals surface area contributed by atoms with E-state index in [1.54, 1.807) is 4.90 Å². The van der Waals surface area contributed by atoms with Crippen molar-refractivity contribution in [2.75, 3.05) is 6.61 Å². The maximum atomic E-state index is 13.1. The Hall–Kier alpha value is -2.34. The minimum absolute atomic E-state index is 0.0316. The number of hydrogen-bond donors (Lipinski definition) is 1. The summed E-state index contributed by atoms with van der Waals surface area (Å²) in [5.41, 5.74) is 0.999. The lowest BCUT2D eigenvalue weighted by atomic mass is 9.95. The molecule has 32 heavy (non-hydrogen) atoms. The maximum Gasteiger partial charge on any atom is 0.242 e. The van der Waals surface area contributed by atoms with Gasteiger partial charge in [0, 0.05) is 23.5 Å².